The van der Waals surface area contributed by atoms with Gasteiger partial charge in [0.05, 0.1) is 17.3 Å². The molecule has 172 valence electrons. The number of hydrogen-bond acceptors (Lipinski definition) is 7. The summed E-state index contributed by atoms with van der Waals surface area (Å²) in [6.07, 6.45) is 0.947. The summed E-state index contributed by atoms with van der Waals surface area (Å²) in [7, 11) is 1.59. The minimum Gasteiger partial charge on any atom is -0.493 e. The van der Waals surface area contributed by atoms with Crippen molar-refractivity contribution in [2.24, 2.45) is 0 Å². The number of likely N-dealkylation sites (N-methyl/N-ethyl adjacent to an activating group) is 1. The molecule has 1 aliphatic rings. The lowest BCUT2D eigenvalue weighted by atomic mass is 10.0. The Morgan fingerprint density at radius 1 is 1.21 bits per heavy atom. The van der Waals surface area contributed by atoms with Gasteiger partial charge in [-0.05, 0) is 42.8 Å². The van der Waals surface area contributed by atoms with E-state index in [-0.39, 0.29) is 11.7 Å². The lowest BCUT2D eigenvalue weighted by molar-refractivity contribution is 0.0999. The molecule has 8 heteroatoms. The zero-order valence-electron chi connectivity index (χ0n) is 18.9. The molecule has 0 unspecified atom stereocenters. The number of methoxy groups -OCH3 is 1. The van der Waals surface area contributed by atoms with Crippen LogP contribution in [0.15, 0.2) is 52.9 Å². The lowest BCUT2D eigenvalue weighted by Crippen LogP contribution is -2.29. The van der Waals surface area contributed by atoms with E-state index < -0.39 is 0 Å². The first-order valence-electron chi connectivity index (χ1n) is 11.3. The number of thiophene rings is 1. The normalized spacial score (nSPS) is 13.9. The zero-order valence-corrected chi connectivity index (χ0v) is 20.5. The molecule has 1 amide bonds. The molecule has 6 rings (SSSR count). The molecular formula is C26H23N3O3S2. The summed E-state index contributed by atoms with van der Waals surface area (Å²) in [5.74, 6) is 0.598. The predicted octanol–water partition coefficient (Wildman–Crippen LogP) is 6.41. The van der Waals surface area contributed by atoms with Gasteiger partial charge >= 0.3 is 0 Å². The second kappa shape index (κ2) is 8.54. The molecule has 0 saturated carbocycles. The molecular weight excluding hydrogens is 466 g/mol. The Labute approximate surface area is 204 Å². The van der Waals surface area contributed by atoms with Crippen molar-refractivity contribution in [3.05, 3.63) is 64.7 Å². The topological polar surface area (TPSA) is 67.6 Å². The van der Waals surface area contributed by atoms with Gasteiger partial charge in [-0.15, -0.1) is 22.7 Å². The van der Waals surface area contributed by atoms with E-state index in [1.807, 2.05) is 36.4 Å². The molecule has 3 aromatic heterocycles. The Balaban J connectivity index is 1.42. The summed E-state index contributed by atoms with van der Waals surface area (Å²) >= 11 is 3.32. The fourth-order valence-electron chi connectivity index (χ4n) is 4.49. The first-order valence-corrected chi connectivity index (χ1v) is 12.9. The van der Waals surface area contributed by atoms with Crippen LogP contribution in [0.5, 0.6) is 5.75 Å². The summed E-state index contributed by atoms with van der Waals surface area (Å²) in [6.45, 7) is 5.10. The van der Waals surface area contributed by atoms with E-state index in [9.17, 15) is 4.79 Å². The highest BCUT2D eigenvalue weighted by molar-refractivity contribution is 7.23. The standard InChI is InChI=1S/C26H23N3O3S2/c1-3-29-12-11-16-21(14-29)34-26(22(16)25-27-17-8-4-5-10-20(17)33-25)28-24(30)19-13-15-7-6-9-18(31-2)23(15)32-19/h4-10,13H,3,11-12,14H2,1-2H3,(H,28,30). The molecule has 1 aliphatic heterocycles. The van der Waals surface area contributed by atoms with Gasteiger partial charge in [0, 0.05) is 28.9 Å². The van der Waals surface area contributed by atoms with Gasteiger partial charge in [0.1, 0.15) is 10.0 Å². The van der Waals surface area contributed by atoms with E-state index in [0.717, 1.165) is 57.2 Å². The van der Waals surface area contributed by atoms with Crippen molar-refractivity contribution in [2.45, 2.75) is 19.9 Å². The molecule has 1 N–H and O–H groups in total. The quantitative estimate of drug-likeness (QED) is 0.309. The van der Waals surface area contributed by atoms with Gasteiger partial charge in [-0.2, -0.15) is 0 Å². The van der Waals surface area contributed by atoms with Crippen LogP contribution in [-0.4, -0.2) is 36.0 Å². The minimum atomic E-state index is -0.272. The minimum absolute atomic E-state index is 0.260. The van der Waals surface area contributed by atoms with Gasteiger partial charge in [-0.25, -0.2) is 4.98 Å². The van der Waals surface area contributed by atoms with Crippen LogP contribution in [0.1, 0.15) is 27.9 Å². The molecule has 6 nitrogen and oxygen atoms in total. The fraction of sp³-hybridized carbons (Fsp3) is 0.231. The molecule has 0 atom stereocenters. The number of ether oxygens (including phenoxy) is 1. The number of benzene rings is 2. The monoisotopic (exact) mass is 489 g/mol. The van der Waals surface area contributed by atoms with Crippen LogP contribution >= 0.6 is 22.7 Å². The van der Waals surface area contributed by atoms with Crippen LogP contribution in [0.3, 0.4) is 0 Å². The Morgan fingerprint density at radius 2 is 2.09 bits per heavy atom. The summed E-state index contributed by atoms with van der Waals surface area (Å²) < 4.78 is 12.4. The number of para-hydroxylation sites is 2. The number of fused-ring (bicyclic) bond motifs is 3. The molecule has 0 spiro atoms. The second-order valence-corrected chi connectivity index (χ2v) is 10.4. The summed E-state index contributed by atoms with van der Waals surface area (Å²) in [5, 5.41) is 5.77. The largest absolute Gasteiger partial charge is 0.493 e. The molecule has 0 fully saturated rings. The first kappa shape index (κ1) is 21.3. The van der Waals surface area contributed by atoms with E-state index in [4.69, 9.17) is 14.1 Å². The molecule has 5 aromatic rings. The third-order valence-electron chi connectivity index (χ3n) is 6.27. The Morgan fingerprint density at radius 3 is 2.91 bits per heavy atom. The summed E-state index contributed by atoms with van der Waals surface area (Å²) in [4.78, 5) is 22.0. The number of carbonyl (C=O) groups excluding carboxylic acids is 1. The van der Waals surface area contributed by atoms with Gasteiger partial charge in [0.15, 0.2) is 17.1 Å². The summed E-state index contributed by atoms with van der Waals surface area (Å²) in [6, 6.07) is 15.5. The van der Waals surface area contributed by atoms with Crippen molar-refractivity contribution in [3.8, 4) is 16.3 Å². The molecule has 4 heterocycles. The van der Waals surface area contributed by atoms with Crippen LogP contribution < -0.4 is 10.1 Å². The number of aromatic nitrogens is 1. The Hall–Kier alpha value is -3.20. The van der Waals surface area contributed by atoms with Crippen molar-refractivity contribution in [2.75, 3.05) is 25.5 Å². The highest BCUT2D eigenvalue weighted by atomic mass is 32.1. The molecule has 0 aliphatic carbocycles. The van der Waals surface area contributed by atoms with Gasteiger partial charge in [-0.1, -0.05) is 31.2 Å². The highest BCUT2D eigenvalue weighted by Gasteiger charge is 2.28. The van der Waals surface area contributed by atoms with E-state index in [1.165, 1.54) is 10.4 Å². The Bertz CT molecular complexity index is 1500. The molecule has 0 saturated heterocycles. The number of nitrogens with one attached hydrogen (secondary N) is 1. The lowest BCUT2D eigenvalue weighted by Gasteiger charge is -2.25. The molecule has 34 heavy (non-hydrogen) atoms. The van der Waals surface area contributed by atoms with E-state index >= 15 is 0 Å². The highest BCUT2D eigenvalue weighted by Crippen LogP contribution is 2.46. The third kappa shape index (κ3) is 3.58. The molecule has 2 aromatic carbocycles. The van der Waals surface area contributed by atoms with Crippen LogP contribution in [0, 0.1) is 0 Å². The average Bonchev–Trinajstić information content (AvgIpc) is 3.57. The van der Waals surface area contributed by atoms with Crippen molar-refractivity contribution >= 4 is 54.8 Å². The van der Waals surface area contributed by atoms with Gasteiger partial charge in [-0.3, -0.25) is 9.69 Å². The maximum Gasteiger partial charge on any atom is 0.292 e. The van der Waals surface area contributed by atoms with Crippen LogP contribution in [-0.2, 0) is 13.0 Å². The van der Waals surface area contributed by atoms with Crippen molar-refractivity contribution in [1.29, 1.82) is 0 Å². The van der Waals surface area contributed by atoms with Crippen molar-refractivity contribution in [3.63, 3.8) is 0 Å². The maximum atomic E-state index is 13.3. The van der Waals surface area contributed by atoms with Gasteiger partial charge in [0.2, 0.25) is 0 Å². The molecule has 0 bridgehead atoms. The number of furan rings is 1. The number of rotatable bonds is 5. The Kier molecular flexibility index (Phi) is 5.36. The van der Waals surface area contributed by atoms with Crippen LogP contribution in [0.2, 0.25) is 0 Å². The molecule has 0 radical (unpaired) electrons. The van der Waals surface area contributed by atoms with Crippen LogP contribution in [0.25, 0.3) is 31.8 Å². The van der Waals surface area contributed by atoms with Gasteiger partial charge in [0.25, 0.3) is 5.91 Å². The number of nitrogens with zero attached hydrogens (tertiary/aromatic N) is 2. The van der Waals surface area contributed by atoms with E-state index in [0.29, 0.717) is 11.3 Å². The van der Waals surface area contributed by atoms with E-state index in [2.05, 4.69) is 23.2 Å². The number of amides is 1. The van der Waals surface area contributed by atoms with E-state index in [1.54, 1.807) is 35.8 Å². The SMILES string of the molecule is CCN1CCc2c(sc(NC(=O)c3cc4cccc(OC)c4o3)c2-c2nc3ccccc3s2)C1. The van der Waals surface area contributed by atoms with Crippen molar-refractivity contribution < 1.29 is 13.9 Å². The number of thiazole rings is 1. The average molecular weight is 490 g/mol. The number of carbonyl (C=O) groups is 1. The first-order chi connectivity index (χ1) is 16.6. The third-order valence-corrected chi connectivity index (χ3v) is 8.46. The van der Waals surface area contributed by atoms with Gasteiger partial charge < -0.3 is 14.5 Å². The second-order valence-electron chi connectivity index (χ2n) is 8.26. The maximum absolute atomic E-state index is 13.3. The van der Waals surface area contributed by atoms with Crippen LogP contribution in [0.4, 0.5) is 5.00 Å². The zero-order chi connectivity index (χ0) is 23.2. The smallest absolute Gasteiger partial charge is 0.292 e. The summed E-state index contributed by atoms with van der Waals surface area (Å²) in [5.41, 5.74) is 3.91. The predicted molar refractivity (Wildman–Crippen MR) is 138 cm³/mol. The number of hydrogen-bond donors (Lipinski definition) is 1. The number of anilines is 1. The fourth-order valence-corrected chi connectivity index (χ4v) is 6.89. The van der Waals surface area contributed by atoms with Crippen molar-refractivity contribution in [1.82, 2.24) is 9.88 Å².